The van der Waals surface area contributed by atoms with Gasteiger partial charge in [0.15, 0.2) is 5.65 Å². The third-order valence-corrected chi connectivity index (χ3v) is 3.58. The lowest BCUT2D eigenvalue weighted by Crippen LogP contribution is -2.21. The van der Waals surface area contributed by atoms with Gasteiger partial charge in [0.2, 0.25) is 0 Å². The van der Waals surface area contributed by atoms with E-state index in [2.05, 4.69) is 50.2 Å². The highest BCUT2D eigenvalue weighted by atomic mass is 79.9. The molecule has 0 fully saturated rings. The van der Waals surface area contributed by atoms with E-state index in [1.807, 2.05) is 0 Å². The molecule has 19 heavy (non-hydrogen) atoms. The average molecular weight is 327 g/mol. The van der Waals surface area contributed by atoms with Crippen LogP contribution < -0.4 is 11.1 Å². The van der Waals surface area contributed by atoms with Crippen molar-refractivity contribution in [3.63, 3.8) is 0 Å². The first-order valence-corrected chi connectivity index (χ1v) is 7.13. The van der Waals surface area contributed by atoms with Crippen molar-refractivity contribution in [3.05, 3.63) is 16.7 Å². The molecule has 0 saturated carbocycles. The number of fused-ring (bicyclic) bond motifs is 1. The van der Waals surface area contributed by atoms with Crippen molar-refractivity contribution in [1.29, 1.82) is 0 Å². The van der Waals surface area contributed by atoms with Gasteiger partial charge in [-0.3, -0.25) is 0 Å². The summed E-state index contributed by atoms with van der Waals surface area (Å²) in [5.41, 5.74) is 6.67. The number of rotatable bonds is 6. The Morgan fingerprint density at radius 3 is 3.05 bits per heavy atom. The largest absolute Gasteiger partial charge is 0.383 e. The van der Waals surface area contributed by atoms with Crippen LogP contribution in [0.15, 0.2) is 16.7 Å². The molecule has 7 heteroatoms. The van der Waals surface area contributed by atoms with Crippen LogP contribution in [-0.4, -0.2) is 46.2 Å². The Balaban J connectivity index is 1.99. The van der Waals surface area contributed by atoms with Crippen molar-refractivity contribution in [2.45, 2.75) is 13.3 Å². The van der Waals surface area contributed by atoms with E-state index in [0.29, 0.717) is 5.82 Å². The maximum atomic E-state index is 5.94. The number of hydrogen-bond acceptors (Lipinski definition) is 5. The minimum atomic E-state index is 0.573. The average Bonchev–Trinajstić information content (AvgIpc) is 2.77. The molecular weight excluding hydrogens is 308 g/mol. The fourth-order valence-electron chi connectivity index (χ4n) is 1.77. The van der Waals surface area contributed by atoms with E-state index in [9.17, 15) is 0 Å². The van der Waals surface area contributed by atoms with Gasteiger partial charge in [-0.05, 0) is 42.5 Å². The lowest BCUT2D eigenvalue weighted by Gasteiger charge is -2.14. The summed E-state index contributed by atoms with van der Waals surface area (Å²) in [5.74, 6) is 1.36. The minimum absolute atomic E-state index is 0.573. The Hall–Kier alpha value is -1.34. The summed E-state index contributed by atoms with van der Waals surface area (Å²) < 4.78 is 2.45. The zero-order valence-corrected chi connectivity index (χ0v) is 12.8. The van der Waals surface area contributed by atoms with Crippen LogP contribution in [-0.2, 0) is 0 Å². The maximum absolute atomic E-state index is 5.94. The summed E-state index contributed by atoms with van der Waals surface area (Å²) in [5, 5.41) is 7.43. The van der Waals surface area contributed by atoms with E-state index in [0.717, 1.165) is 42.0 Å². The Labute approximate surface area is 121 Å². The van der Waals surface area contributed by atoms with Crippen molar-refractivity contribution in [2.24, 2.45) is 0 Å². The summed E-state index contributed by atoms with van der Waals surface area (Å²) in [7, 11) is 2.12. The highest BCUT2D eigenvalue weighted by Crippen LogP contribution is 2.20. The van der Waals surface area contributed by atoms with Gasteiger partial charge in [0.25, 0.3) is 0 Å². The number of nitrogens with two attached hydrogens (primary N) is 1. The molecule has 0 aliphatic rings. The number of hydrogen-bond donors (Lipinski definition) is 2. The molecule has 0 aliphatic carbocycles. The van der Waals surface area contributed by atoms with Gasteiger partial charge in [-0.25, -0.2) is 4.98 Å². The molecule has 0 radical (unpaired) electrons. The van der Waals surface area contributed by atoms with Crippen molar-refractivity contribution >= 4 is 33.2 Å². The summed E-state index contributed by atoms with van der Waals surface area (Å²) in [4.78, 5) is 6.76. The summed E-state index contributed by atoms with van der Waals surface area (Å²) in [6, 6.07) is 1.80. The first-order chi connectivity index (χ1) is 9.11. The predicted molar refractivity (Wildman–Crippen MR) is 81.4 cm³/mol. The highest BCUT2D eigenvalue weighted by molar-refractivity contribution is 9.10. The second-order valence-corrected chi connectivity index (χ2v) is 5.32. The molecule has 3 N–H and O–H groups in total. The number of nitrogens with zero attached hydrogens (tertiary/aromatic N) is 4. The first kappa shape index (κ1) is 14.1. The number of halogens is 1. The molecule has 0 aromatic carbocycles. The molecule has 0 atom stereocenters. The Kier molecular flexibility index (Phi) is 4.60. The summed E-state index contributed by atoms with van der Waals surface area (Å²) in [6.07, 6.45) is 2.76. The van der Waals surface area contributed by atoms with Crippen molar-refractivity contribution in [1.82, 2.24) is 19.5 Å². The van der Waals surface area contributed by atoms with E-state index in [4.69, 9.17) is 5.73 Å². The number of nitrogen functional groups attached to an aromatic ring is 1. The van der Waals surface area contributed by atoms with Gasteiger partial charge in [-0.2, -0.15) is 9.61 Å². The van der Waals surface area contributed by atoms with E-state index in [-0.39, 0.29) is 0 Å². The Morgan fingerprint density at radius 1 is 1.53 bits per heavy atom. The second kappa shape index (κ2) is 6.21. The van der Waals surface area contributed by atoms with Crippen molar-refractivity contribution < 1.29 is 0 Å². The molecular formula is C12H19BrN6. The molecule has 0 saturated heterocycles. The normalized spacial score (nSPS) is 11.4. The topological polar surface area (TPSA) is 71.5 Å². The van der Waals surface area contributed by atoms with Crippen molar-refractivity contribution in [2.75, 3.05) is 37.7 Å². The van der Waals surface area contributed by atoms with Gasteiger partial charge in [0.05, 0.1) is 10.7 Å². The number of aromatic nitrogens is 3. The quantitative estimate of drug-likeness (QED) is 0.792. The molecule has 2 aromatic heterocycles. The molecule has 2 rings (SSSR count). The Morgan fingerprint density at radius 2 is 2.32 bits per heavy atom. The highest BCUT2D eigenvalue weighted by Gasteiger charge is 2.07. The summed E-state index contributed by atoms with van der Waals surface area (Å²) >= 11 is 3.41. The first-order valence-electron chi connectivity index (χ1n) is 6.34. The van der Waals surface area contributed by atoms with Crippen LogP contribution in [0.2, 0.25) is 0 Å². The predicted octanol–water partition coefficient (Wildman–Crippen LogP) is 1.83. The van der Waals surface area contributed by atoms with Gasteiger partial charge in [-0.15, -0.1) is 0 Å². The van der Waals surface area contributed by atoms with Crippen LogP contribution in [0.25, 0.3) is 5.65 Å². The van der Waals surface area contributed by atoms with Crippen LogP contribution in [0, 0.1) is 0 Å². The smallest absolute Gasteiger partial charge is 0.173 e. The zero-order chi connectivity index (χ0) is 13.8. The van der Waals surface area contributed by atoms with E-state index >= 15 is 0 Å². The zero-order valence-electron chi connectivity index (χ0n) is 11.2. The van der Waals surface area contributed by atoms with Gasteiger partial charge in [-0.1, -0.05) is 6.92 Å². The monoisotopic (exact) mass is 326 g/mol. The second-order valence-electron chi connectivity index (χ2n) is 4.47. The fraction of sp³-hybridized carbons (Fsp3) is 0.500. The van der Waals surface area contributed by atoms with Crippen LogP contribution >= 0.6 is 15.9 Å². The standard InChI is InChI=1S/C12H19BrN6/c1-3-18(2)6-4-5-15-11-7-10(14)19-12(17-11)9(13)8-16-19/h7-8H,3-6,14H2,1-2H3,(H,15,17). The van der Waals surface area contributed by atoms with Crippen LogP contribution in [0.3, 0.4) is 0 Å². The fourth-order valence-corrected chi connectivity index (χ4v) is 2.12. The molecule has 6 nitrogen and oxygen atoms in total. The molecule has 0 unspecified atom stereocenters. The van der Waals surface area contributed by atoms with Crippen LogP contribution in [0.1, 0.15) is 13.3 Å². The number of anilines is 2. The SMILES string of the molecule is CCN(C)CCCNc1cc(N)n2ncc(Br)c2n1. The van der Waals surface area contributed by atoms with E-state index in [1.54, 1.807) is 16.8 Å². The van der Waals surface area contributed by atoms with Crippen molar-refractivity contribution in [3.8, 4) is 0 Å². The van der Waals surface area contributed by atoms with E-state index in [1.165, 1.54) is 0 Å². The van der Waals surface area contributed by atoms with Gasteiger partial charge in [0.1, 0.15) is 11.6 Å². The number of nitrogens with one attached hydrogen (secondary N) is 1. The lowest BCUT2D eigenvalue weighted by molar-refractivity contribution is 0.351. The molecule has 0 spiro atoms. The van der Waals surface area contributed by atoms with E-state index < -0.39 is 0 Å². The third-order valence-electron chi connectivity index (χ3n) is 3.02. The molecule has 2 heterocycles. The molecule has 104 valence electrons. The molecule has 0 bridgehead atoms. The van der Waals surface area contributed by atoms with Crippen LogP contribution in [0.4, 0.5) is 11.6 Å². The molecule has 2 aromatic rings. The summed E-state index contributed by atoms with van der Waals surface area (Å²) in [6.45, 7) is 5.16. The maximum Gasteiger partial charge on any atom is 0.173 e. The third kappa shape index (κ3) is 3.36. The lowest BCUT2D eigenvalue weighted by atomic mass is 10.4. The van der Waals surface area contributed by atoms with Gasteiger partial charge < -0.3 is 16.0 Å². The molecule has 0 amide bonds. The minimum Gasteiger partial charge on any atom is -0.383 e. The van der Waals surface area contributed by atoms with Crippen LogP contribution in [0.5, 0.6) is 0 Å². The van der Waals surface area contributed by atoms with Gasteiger partial charge >= 0.3 is 0 Å². The molecule has 0 aliphatic heterocycles. The van der Waals surface area contributed by atoms with Gasteiger partial charge in [0, 0.05) is 12.6 Å². The Bertz CT molecular complexity index is 552.